The number of halogens is 3. The number of rotatable bonds is 4. The van der Waals surface area contributed by atoms with E-state index in [1.165, 1.54) is 10.9 Å². The van der Waals surface area contributed by atoms with E-state index in [0.29, 0.717) is 0 Å². The van der Waals surface area contributed by atoms with Crippen LogP contribution in [0.25, 0.3) is 0 Å². The summed E-state index contributed by atoms with van der Waals surface area (Å²) < 4.78 is 36.7. The summed E-state index contributed by atoms with van der Waals surface area (Å²) in [5, 5.41) is 3.68. The molecule has 1 aromatic heterocycles. The Morgan fingerprint density at radius 2 is 2.12 bits per heavy atom. The van der Waals surface area contributed by atoms with Crippen LogP contribution < -0.4 is 11.5 Å². The van der Waals surface area contributed by atoms with E-state index >= 15 is 0 Å². The van der Waals surface area contributed by atoms with E-state index in [1.54, 1.807) is 0 Å². The summed E-state index contributed by atoms with van der Waals surface area (Å²) in [5.41, 5.74) is 10.3. The summed E-state index contributed by atoms with van der Waals surface area (Å²) in [6.45, 7) is 0.0387. The normalized spacial score (nSPS) is 11.7. The third-order valence-electron chi connectivity index (χ3n) is 1.87. The molecular formula is C8H11F3N4O. The van der Waals surface area contributed by atoms with Gasteiger partial charge in [-0.15, -0.1) is 0 Å². The zero-order chi connectivity index (χ0) is 12.3. The Morgan fingerprint density at radius 1 is 1.50 bits per heavy atom. The molecule has 1 rings (SSSR count). The van der Waals surface area contributed by atoms with Crippen LogP contribution in [-0.4, -0.2) is 21.9 Å². The average Bonchev–Trinajstić information content (AvgIpc) is 2.44. The van der Waals surface area contributed by atoms with Gasteiger partial charge in [0.2, 0.25) is 0 Å². The van der Waals surface area contributed by atoms with Gasteiger partial charge in [-0.3, -0.25) is 9.48 Å². The van der Waals surface area contributed by atoms with Gasteiger partial charge in [-0.2, -0.15) is 18.3 Å². The zero-order valence-corrected chi connectivity index (χ0v) is 8.29. The Hall–Kier alpha value is -1.73. The van der Waals surface area contributed by atoms with Gasteiger partial charge >= 0.3 is 6.18 Å². The summed E-state index contributed by atoms with van der Waals surface area (Å²) in [6, 6.07) is 0. The molecule has 0 aliphatic rings. The monoisotopic (exact) mass is 236 g/mol. The van der Waals surface area contributed by atoms with Crippen LogP contribution in [-0.2, 0) is 6.54 Å². The average molecular weight is 236 g/mol. The minimum Gasteiger partial charge on any atom is -0.396 e. The van der Waals surface area contributed by atoms with E-state index in [0.717, 1.165) is 0 Å². The number of hydrogen-bond acceptors (Lipinski definition) is 3. The number of nitrogen functional groups attached to an aromatic ring is 1. The highest BCUT2D eigenvalue weighted by Crippen LogP contribution is 2.21. The number of anilines is 1. The van der Waals surface area contributed by atoms with E-state index in [4.69, 9.17) is 11.5 Å². The zero-order valence-electron chi connectivity index (χ0n) is 8.29. The Bertz CT molecular complexity index is 385. The maximum absolute atomic E-state index is 11.8. The number of carbonyl (C=O) groups excluding carboxylic acids is 1. The van der Waals surface area contributed by atoms with Gasteiger partial charge in [0, 0.05) is 19.2 Å². The number of aryl methyl sites for hydroxylation is 1. The fraction of sp³-hybridized carbons (Fsp3) is 0.500. The van der Waals surface area contributed by atoms with Crippen molar-refractivity contribution < 1.29 is 18.0 Å². The summed E-state index contributed by atoms with van der Waals surface area (Å²) in [4.78, 5) is 10.8. The fourth-order valence-electron chi connectivity index (χ4n) is 1.18. The van der Waals surface area contributed by atoms with Gasteiger partial charge in [-0.05, 0) is 6.42 Å². The predicted octanol–water partition coefficient (Wildman–Crippen LogP) is 0.907. The Labute approximate surface area is 89.2 Å². The van der Waals surface area contributed by atoms with Crippen molar-refractivity contribution in [1.82, 2.24) is 9.78 Å². The Kier molecular flexibility index (Phi) is 3.41. The first-order valence-corrected chi connectivity index (χ1v) is 4.49. The smallest absolute Gasteiger partial charge is 0.389 e. The standard InChI is InChI=1S/C8H11F3N4O/c9-8(10,11)2-1-3-15-4-5(12)6(14-15)7(13)16/h4H,1-3,12H2,(H2,13,16). The largest absolute Gasteiger partial charge is 0.396 e. The van der Waals surface area contributed by atoms with Crippen LogP contribution in [0.3, 0.4) is 0 Å². The molecule has 5 nitrogen and oxygen atoms in total. The van der Waals surface area contributed by atoms with Crippen molar-refractivity contribution in [3.8, 4) is 0 Å². The third kappa shape index (κ3) is 3.44. The first-order valence-electron chi connectivity index (χ1n) is 4.49. The molecule has 0 bridgehead atoms. The lowest BCUT2D eigenvalue weighted by molar-refractivity contribution is -0.136. The van der Waals surface area contributed by atoms with Crippen LogP contribution in [0.1, 0.15) is 23.3 Å². The number of aromatic nitrogens is 2. The quantitative estimate of drug-likeness (QED) is 0.814. The Balaban J connectivity index is 2.56. The maximum atomic E-state index is 11.8. The van der Waals surface area contributed by atoms with Crippen LogP contribution in [0.15, 0.2) is 6.20 Å². The van der Waals surface area contributed by atoms with Crippen LogP contribution in [0, 0.1) is 0 Å². The van der Waals surface area contributed by atoms with Crippen LogP contribution in [0.2, 0.25) is 0 Å². The highest BCUT2D eigenvalue weighted by atomic mass is 19.4. The SMILES string of the molecule is NC(=O)c1nn(CCCC(F)(F)F)cc1N. The molecule has 8 heteroatoms. The molecule has 1 heterocycles. The minimum atomic E-state index is -4.19. The van der Waals surface area contributed by atoms with E-state index in [-0.39, 0.29) is 24.3 Å². The molecule has 1 amide bonds. The highest BCUT2D eigenvalue weighted by molar-refractivity contribution is 5.95. The topological polar surface area (TPSA) is 86.9 Å². The Morgan fingerprint density at radius 3 is 2.56 bits per heavy atom. The molecule has 0 saturated carbocycles. The van der Waals surface area contributed by atoms with Crippen LogP contribution >= 0.6 is 0 Å². The third-order valence-corrected chi connectivity index (χ3v) is 1.87. The van der Waals surface area contributed by atoms with E-state index in [9.17, 15) is 18.0 Å². The molecule has 0 aromatic carbocycles. The predicted molar refractivity (Wildman–Crippen MR) is 50.4 cm³/mol. The van der Waals surface area contributed by atoms with Crippen molar-refractivity contribution >= 4 is 11.6 Å². The summed E-state index contributed by atoms with van der Waals surface area (Å²) in [6.07, 6.45) is -3.93. The van der Waals surface area contributed by atoms with Crippen LogP contribution in [0.5, 0.6) is 0 Å². The molecule has 4 N–H and O–H groups in total. The second kappa shape index (κ2) is 4.42. The molecule has 0 aliphatic heterocycles. The highest BCUT2D eigenvalue weighted by Gasteiger charge is 2.26. The molecule has 16 heavy (non-hydrogen) atoms. The fourth-order valence-corrected chi connectivity index (χ4v) is 1.18. The van der Waals surface area contributed by atoms with Crippen molar-refractivity contribution in [1.29, 1.82) is 0 Å². The van der Waals surface area contributed by atoms with Gasteiger partial charge in [0.25, 0.3) is 5.91 Å². The molecular weight excluding hydrogens is 225 g/mol. The minimum absolute atomic E-state index is 0.0387. The molecule has 0 unspecified atom stereocenters. The van der Waals surface area contributed by atoms with Gasteiger partial charge < -0.3 is 11.5 Å². The molecule has 0 aliphatic carbocycles. The van der Waals surface area contributed by atoms with Crippen LogP contribution in [0.4, 0.5) is 18.9 Å². The first-order chi connectivity index (χ1) is 7.29. The summed E-state index contributed by atoms with van der Waals surface area (Å²) >= 11 is 0. The number of carbonyl (C=O) groups is 1. The molecule has 1 aromatic rings. The molecule has 0 saturated heterocycles. The van der Waals surface area contributed by atoms with Gasteiger partial charge in [-0.25, -0.2) is 0 Å². The van der Waals surface area contributed by atoms with Crippen molar-refractivity contribution in [3.05, 3.63) is 11.9 Å². The molecule has 0 fully saturated rings. The van der Waals surface area contributed by atoms with Gasteiger partial charge in [-0.1, -0.05) is 0 Å². The van der Waals surface area contributed by atoms with Crippen molar-refractivity contribution in [2.45, 2.75) is 25.6 Å². The number of nitrogens with zero attached hydrogens (tertiary/aromatic N) is 2. The summed E-state index contributed by atoms with van der Waals surface area (Å²) in [7, 11) is 0. The number of primary amides is 1. The lowest BCUT2D eigenvalue weighted by Gasteiger charge is -2.05. The lowest BCUT2D eigenvalue weighted by Crippen LogP contribution is -2.14. The van der Waals surface area contributed by atoms with Gasteiger partial charge in [0.15, 0.2) is 5.69 Å². The molecule has 90 valence electrons. The van der Waals surface area contributed by atoms with Crippen molar-refractivity contribution in [2.24, 2.45) is 5.73 Å². The second-order valence-electron chi connectivity index (χ2n) is 3.28. The van der Waals surface area contributed by atoms with E-state index < -0.39 is 18.5 Å². The number of amides is 1. The number of nitrogens with two attached hydrogens (primary N) is 2. The molecule has 0 radical (unpaired) electrons. The molecule has 0 atom stereocenters. The second-order valence-corrected chi connectivity index (χ2v) is 3.28. The number of hydrogen-bond donors (Lipinski definition) is 2. The van der Waals surface area contributed by atoms with Gasteiger partial charge in [0.05, 0.1) is 5.69 Å². The molecule has 0 spiro atoms. The van der Waals surface area contributed by atoms with Crippen molar-refractivity contribution in [3.63, 3.8) is 0 Å². The maximum Gasteiger partial charge on any atom is 0.389 e. The van der Waals surface area contributed by atoms with Crippen molar-refractivity contribution in [2.75, 3.05) is 5.73 Å². The number of alkyl halides is 3. The van der Waals surface area contributed by atoms with Gasteiger partial charge in [0.1, 0.15) is 0 Å². The summed E-state index contributed by atoms with van der Waals surface area (Å²) in [5.74, 6) is -0.799. The van der Waals surface area contributed by atoms with E-state index in [1.807, 2.05) is 0 Å². The lowest BCUT2D eigenvalue weighted by atomic mass is 10.3. The first kappa shape index (κ1) is 12.3. The van der Waals surface area contributed by atoms with E-state index in [2.05, 4.69) is 5.10 Å².